The summed E-state index contributed by atoms with van der Waals surface area (Å²) in [6.45, 7) is 6.61. The molecule has 0 aliphatic carbocycles. The van der Waals surface area contributed by atoms with Crippen molar-refractivity contribution in [2.45, 2.75) is 39.2 Å². The molecule has 4 nitrogen and oxygen atoms in total. The van der Waals surface area contributed by atoms with E-state index in [1.54, 1.807) is 6.20 Å². The highest BCUT2D eigenvalue weighted by Gasteiger charge is 2.21. The molecule has 134 valence electrons. The van der Waals surface area contributed by atoms with E-state index in [0.717, 1.165) is 41.1 Å². The van der Waals surface area contributed by atoms with Gasteiger partial charge in [-0.1, -0.05) is 18.2 Å². The normalized spacial score (nSPS) is 17.7. The zero-order chi connectivity index (χ0) is 17.9. The number of pyridine rings is 1. The molecule has 0 spiro atoms. The van der Waals surface area contributed by atoms with Gasteiger partial charge in [-0.3, -0.25) is 4.98 Å². The molecule has 3 aromatic rings. The lowest BCUT2D eigenvalue weighted by atomic mass is 10.1. The lowest BCUT2D eigenvalue weighted by Gasteiger charge is -2.20. The Morgan fingerprint density at radius 2 is 1.92 bits per heavy atom. The highest BCUT2D eigenvalue weighted by molar-refractivity contribution is 5.66. The summed E-state index contributed by atoms with van der Waals surface area (Å²) in [6.07, 6.45) is 7.24. The molecule has 0 unspecified atom stereocenters. The highest BCUT2D eigenvalue weighted by atomic mass is 16.4. The molecule has 3 heterocycles. The maximum absolute atomic E-state index is 5.95. The number of benzene rings is 1. The average molecular weight is 347 g/mol. The maximum Gasteiger partial charge on any atom is 0.226 e. The fourth-order valence-corrected chi connectivity index (χ4v) is 3.70. The molecule has 26 heavy (non-hydrogen) atoms. The van der Waals surface area contributed by atoms with Crippen molar-refractivity contribution >= 4 is 0 Å². The Hall–Kier alpha value is -2.46. The summed E-state index contributed by atoms with van der Waals surface area (Å²) < 4.78 is 5.95. The third-order valence-electron chi connectivity index (χ3n) is 5.35. The van der Waals surface area contributed by atoms with Gasteiger partial charge in [-0.2, -0.15) is 0 Å². The van der Waals surface area contributed by atoms with Gasteiger partial charge in [0.05, 0.1) is 5.69 Å². The van der Waals surface area contributed by atoms with E-state index in [0.29, 0.717) is 11.9 Å². The van der Waals surface area contributed by atoms with Crippen LogP contribution in [-0.2, 0) is 6.42 Å². The van der Waals surface area contributed by atoms with Gasteiger partial charge in [-0.15, -0.1) is 0 Å². The SMILES string of the molecule is Cc1oc(-c2ccc(-c3cccnc3)cc2)nc1CCN1CCC[C@H]1C. The molecule has 2 aromatic heterocycles. The Morgan fingerprint density at radius 3 is 2.62 bits per heavy atom. The third kappa shape index (κ3) is 3.56. The van der Waals surface area contributed by atoms with Crippen LogP contribution in [0.1, 0.15) is 31.2 Å². The molecule has 1 aliphatic rings. The van der Waals surface area contributed by atoms with E-state index in [1.807, 2.05) is 19.2 Å². The van der Waals surface area contributed by atoms with Gasteiger partial charge in [0.2, 0.25) is 5.89 Å². The van der Waals surface area contributed by atoms with Gasteiger partial charge in [0.25, 0.3) is 0 Å². The summed E-state index contributed by atoms with van der Waals surface area (Å²) >= 11 is 0. The molecule has 0 N–H and O–H groups in total. The van der Waals surface area contributed by atoms with Crippen LogP contribution in [0, 0.1) is 6.92 Å². The summed E-state index contributed by atoms with van der Waals surface area (Å²) in [4.78, 5) is 11.5. The standard InChI is InChI=1S/C22H25N3O/c1-16-5-4-13-25(16)14-11-21-17(2)26-22(24-21)19-9-7-18(8-10-19)20-6-3-12-23-15-20/h3,6-10,12,15-16H,4-5,11,13-14H2,1-2H3/t16-/m1/s1. The van der Waals surface area contributed by atoms with Gasteiger partial charge in [-0.25, -0.2) is 4.98 Å². The monoisotopic (exact) mass is 347 g/mol. The van der Waals surface area contributed by atoms with E-state index < -0.39 is 0 Å². The van der Waals surface area contributed by atoms with E-state index in [1.165, 1.54) is 19.4 Å². The number of likely N-dealkylation sites (tertiary alicyclic amines) is 1. The summed E-state index contributed by atoms with van der Waals surface area (Å²) in [7, 11) is 0. The van der Waals surface area contributed by atoms with E-state index >= 15 is 0 Å². The van der Waals surface area contributed by atoms with Crippen molar-refractivity contribution in [1.82, 2.24) is 14.9 Å². The van der Waals surface area contributed by atoms with E-state index in [2.05, 4.69) is 47.1 Å². The fourth-order valence-electron chi connectivity index (χ4n) is 3.70. The molecule has 1 saturated heterocycles. The molecule has 4 rings (SSSR count). The van der Waals surface area contributed by atoms with E-state index in [-0.39, 0.29) is 0 Å². The predicted molar refractivity (Wildman–Crippen MR) is 104 cm³/mol. The predicted octanol–water partition coefficient (Wildman–Crippen LogP) is 4.74. The summed E-state index contributed by atoms with van der Waals surface area (Å²) in [5.74, 6) is 1.65. The van der Waals surface area contributed by atoms with Gasteiger partial charge >= 0.3 is 0 Å². The lowest BCUT2D eigenvalue weighted by Crippen LogP contribution is -2.29. The summed E-state index contributed by atoms with van der Waals surface area (Å²) in [5.41, 5.74) is 4.35. The van der Waals surface area contributed by atoms with Crippen LogP contribution < -0.4 is 0 Å². The first-order valence-corrected chi connectivity index (χ1v) is 9.42. The molecule has 1 atom stereocenters. The van der Waals surface area contributed by atoms with Crippen molar-refractivity contribution in [1.29, 1.82) is 0 Å². The molecule has 1 aliphatic heterocycles. The van der Waals surface area contributed by atoms with Crippen LogP contribution in [0.2, 0.25) is 0 Å². The first-order valence-electron chi connectivity index (χ1n) is 9.42. The molecule has 0 saturated carbocycles. The second-order valence-electron chi connectivity index (χ2n) is 7.12. The molecule has 0 radical (unpaired) electrons. The van der Waals surface area contributed by atoms with Gasteiger partial charge < -0.3 is 9.32 Å². The van der Waals surface area contributed by atoms with Crippen molar-refractivity contribution in [3.63, 3.8) is 0 Å². The largest absolute Gasteiger partial charge is 0.441 e. The molecule has 1 aromatic carbocycles. The first-order chi connectivity index (χ1) is 12.7. The van der Waals surface area contributed by atoms with Crippen molar-refractivity contribution in [2.24, 2.45) is 0 Å². The van der Waals surface area contributed by atoms with E-state index in [4.69, 9.17) is 9.40 Å². The quantitative estimate of drug-likeness (QED) is 0.668. The molecular weight excluding hydrogens is 322 g/mol. The molecule has 1 fully saturated rings. The number of rotatable bonds is 5. The zero-order valence-electron chi connectivity index (χ0n) is 15.5. The Bertz CT molecular complexity index is 855. The Balaban J connectivity index is 1.48. The van der Waals surface area contributed by atoms with Crippen LogP contribution in [0.4, 0.5) is 0 Å². The smallest absolute Gasteiger partial charge is 0.226 e. The van der Waals surface area contributed by atoms with Gasteiger partial charge in [0.1, 0.15) is 5.76 Å². The maximum atomic E-state index is 5.95. The van der Waals surface area contributed by atoms with Crippen molar-refractivity contribution < 1.29 is 4.42 Å². The minimum Gasteiger partial charge on any atom is -0.441 e. The second-order valence-corrected chi connectivity index (χ2v) is 7.12. The van der Waals surface area contributed by atoms with Crippen molar-refractivity contribution in [3.05, 3.63) is 60.2 Å². The van der Waals surface area contributed by atoms with Crippen LogP contribution in [0.25, 0.3) is 22.6 Å². The summed E-state index contributed by atoms with van der Waals surface area (Å²) in [6, 6.07) is 13.0. The highest BCUT2D eigenvalue weighted by Crippen LogP contribution is 2.26. The van der Waals surface area contributed by atoms with Gasteiger partial charge in [0.15, 0.2) is 0 Å². The molecular formula is C22H25N3O. The number of aromatic nitrogens is 2. The molecule has 4 heteroatoms. The molecule has 0 bridgehead atoms. The number of hydrogen-bond donors (Lipinski definition) is 0. The topological polar surface area (TPSA) is 42.2 Å². The number of nitrogens with zero attached hydrogens (tertiary/aromatic N) is 3. The third-order valence-corrected chi connectivity index (χ3v) is 5.35. The number of aryl methyl sites for hydroxylation is 1. The fraction of sp³-hybridized carbons (Fsp3) is 0.364. The zero-order valence-corrected chi connectivity index (χ0v) is 15.5. The lowest BCUT2D eigenvalue weighted by molar-refractivity contribution is 0.271. The van der Waals surface area contributed by atoms with Crippen LogP contribution in [0.15, 0.2) is 53.2 Å². The van der Waals surface area contributed by atoms with Crippen LogP contribution in [0.5, 0.6) is 0 Å². The van der Waals surface area contributed by atoms with Crippen LogP contribution in [-0.4, -0.2) is 34.0 Å². The Morgan fingerprint density at radius 1 is 1.12 bits per heavy atom. The van der Waals surface area contributed by atoms with Crippen LogP contribution in [0.3, 0.4) is 0 Å². The minimum atomic E-state index is 0.696. The Labute approximate surface area is 154 Å². The number of oxazole rings is 1. The average Bonchev–Trinajstić information content (AvgIpc) is 3.26. The number of hydrogen-bond acceptors (Lipinski definition) is 4. The van der Waals surface area contributed by atoms with Crippen molar-refractivity contribution in [3.8, 4) is 22.6 Å². The Kier molecular flexibility index (Phi) is 4.85. The van der Waals surface area contributed by atoms with Crippen LogP contribution >= 0.6 is 0 Å². The molecule has 0 amide bonds. The second kappa shape index (κ2) is 7.42. The summed E-state index contributed by atoms with van der Waals surface area (Å²) in [5, 5.41) is 0. The van der Waals surface area contributed by atoms with E-state index in [9.17, 15) is 0 Å². The van der Waals surface area contributed by atoms with Gasteiger partial charge in [0, 0.05) is 37.0 Å². The van der Waals surface area contributed by atoms with Gasteiger partial charge in [-0.05, 0) is 62.6 Å². The van der Waals surface area contributed by atoms with Crippen molar-refractivity contribution in [2.75, 3.05) is 13.1 Å². The first kappa shape index (κ1) is 17.0. The minimum absolute atomic E-state index is 0.696.